The Labute approximate surface area is 226 Å². The molecule has 11 heteroatoms. The van der Waals surface area contributed by atoms with Crippen LogP contribution in [0.15, 0.2) is 24.5 Å². The van der Waals surface area contributed by atoms with Gasteiger partial charge in [0.1, 0.15) is 24.0 Å². The van der Waals surface area contributed by atoms with Crippen LogP contribution < -0.4 is 10.2 Å². The third-order valence-electron chi connectivity index (χ3n) is 7.62. The minimum Gasteiger partial charge on any atom is -0.378 e. The van der Waals surface area contributed by atoms with E-state index in [9.17, 15) is 22.4 Å². The van der Waals surface area contributed by atoms with Gasteiger partial charge in [0.15, 0.2) is 0 Å². The predicted octanol–water partition coefficient (Wildman–Crippen LogP) is 4.71. The van der Waals surface area contributed by atoms with Crippen LogP contribution in [-0.2, 0) is 23.9 Å². The fourth-order valence-electron chi connectivity index (χ4n) is 5.48. The number of aromatic nitrogens is 2. The summed E-state index contributed by atoms with van der Waals surface area (Å²) in [4.78, 5) is 25.7. The standard InChI is InChI=1S/C26H31F4N5O2.C2H6/c1-16-23(25(36)34-9-5-20(6-10-34)33-22-7-11-37-14-21(22)27)31-15-32-24(16)35-8-4-17-2-3-19(26(28,29)30)12-18(17)13-35;1-2/h2-3,12,15,20-22,33H,4-11,13-14H2,1H3;1-2H3. The smallest absolute Gasteiger partial charge is 0.378 e. The molecule has 2 saturated heterocycles. The minimum absolute atomic E-state index is 0.121. The number of alkyl halides is 4. The highest BCUT2D eigenvalue weighted by molar-refractivity contribution is 5.94. The zero-order chi connectivity index (χ0) is 28.2. The van der Waals surface area contributed by atoms with Crippen LogP contribution in [0, 0.1) is 6.92 Å². The number of rotatable bonds is 4. The topological polar surface area (TPSA) is 70.6 Å². The van der Waals surface area contributed by atoms with Crippen LogP contribution in [0.3, 0.4) is 0 Å². The number of hydrogen-bond donors (Lipinski definition) is 1. The predicted molar refractivity (Wildman–Crippen MR) is 140 cm³/mol. The molecule has 1 aromatic carbocycles. The Hall–Kier alpha value is -2.79. The Bertz CT molecular complexity index is 1140. The molecular formula is C28H37F4N5O2. The summed E-state index contributed by atoms with van der Waals surface area (Å²) >= 11 is 0. The normalized spacial score (nSPS) is 22.1. The Morgan fingerprint density at radius 1 is 1.08 bits per heavy atom. The number of likely N-dealkylation sites (tertiary alicyclic amines) is 1. The molecule has 2 atom stereocenters. The number of fused-ring (bicyclic) bond motifs is 1. The molecule has 4 heterocycles. The number of halogens is 4. The van der Waals surface area contributed by atoms with Gasteiger partial charge in [-0.2, -0.15) is 13.2 Å². The third kappa shape index (κ3) is 6.69. The Morgan fingerprint density at radius 2 is 1.82 bits per heavy atom. The van der Waals surface area contributed by atoms with Crippen LogP contribution in [0.1, 0.15) is 65.9 Å². The maximum absolute atomic E-state index is 14.1. The van der Waals surface area contributed by atoms with Gasteiger partial charge in [-0.1, -0.05) is 19.9 Å². The van der Waals surface area contributed by atoms with Crippen molar-refractivity contribution in [3.63, 3.8) is 0 Å². The summed E-state index contributed by atoms with van der Waals surface area (Å²) in [5, 5.41) is 3.40. The summed E-state index contributed by atoms with van der Waals surface area (Å²) in [5.41, 5.74) is 1.76. The Morgan fingerprint density at radius 3 is 2.51 bits per heavy atom. The van der Waals surface area contributed by atoms with E-state index in [-0.39, 0.29) is 31.1 Å². The monoisotopic (exact) mass is 551 g/mol. The molecule has 2 aromatic rings. The molecule has 7 nitrogen and oxygen atoms in total. The molecule has 39 heavy (non-hydrogen) atoms. The second-order valence-electron chi connectivity index (χ2n) is 10.0. The van der Waals surface area contributed by atoms with Crippen molar-refractivity contribution in [3.8, 4) is 0 Å². The molecule has 0 aliphatic carbocycles. The van der Waals surface area contributed by atoms with Crippen LogP contribution in [0.5, 0.6) is 0 Å². The number of carbonyl (C=O) groups excluding carboxylic acids is 1. The highest BCUT2D eigenvalue weighted by atomic mass is 19.4. The zero-order valence-electron chi connectivity index (χ0n) is 22.7. The van der Waals surface area contributed by atoms with Crippen LogP contribution >= 0.6 is 0 Å². The molecule has 214 valence electrons. The lowest BCUT2D eigenvalue weighted by molar-refractivity contribution is -0.137. The number of nitrogens with one attached hydrogen (secondary N) is 1. The molecule has 3 aliphatic heterocycles. The lowest BCUT2D eigenvalue weighted by Crippen LogP contribution is -2.52. The summed E-state index contributed by atoms with van der Waals surface area (Å²) in [5.74, 6) is 0.372. The van der Waals surface area contributed by atoms with Gasteiger partial charge in [0.2, 0.25) is 0 Å². The third-order valence-corrected chi connectivity index (χ3v) is 7.62. The van der Waals surface area contributed by atoms with E-state index in [1.807, 2.05) is 18.7 Å². The number of piperidine rings is 1. The van der Waals surface area contributed by atoms with Crippen molar-refractivity contribution in [2.24, 2.45) is 0 Å². The van der Waals surface area contributed by atoms with E-state index in [0.717, 1.165) is 24.5 Å². The van der Waals surface area contributed by atoms with Crippen LogP contribution in [0.4, 0.5) is 23.4 Å². The first kappa shape index (κ1) is 29.2. The summed E-state index contributed by atoms with van der Waals surface area (Å²) < 4.78 is 58.9. The maximum Gasteiger partial charge on any atom is 0.416 e. The molecule has 0 spiro atoms. The molecule has 2 unspecified atom stereocenters. The molecule has 2 fully saturated rings. The summed E-state index contributed by atoms with van der Waals surface area (Å²) in [6.07, 6.45) is -1.40. The SMILES string of the molecule is CC.Cc1c(C(=O)N2CCC(NC3CCOCC3F)CC2)ncnc1N1CCc2ccc(C(F)(F)F)cc2C1. The van der Waals surface area contributed by atoms with Crippen molar-refractivity contribution in [2.45, 2.75) is 77.4 Å². The Kier molecular flexibility index (Phi) is 9.43. The first-order valence-electron chi connectivity index (χ1n) is 13.7. The average molecular weight is 552 g/mol. The lowest BCUT2D eigenvalue weighted by Gasteiger charge is -2.36. The zero-order valence-corrected chi connectivity index (χ0v) is 22.7. The number of carbonyl (C=O) groups is 1. The van der Waals surface area contributed by atoms with Gasteiger partial charge in [0.25, 0.3) is 5.91 Å². The fourth-order valence-corrected chi connectivity index (χ4v) is 5.48. The highest BCUT2D eigenvalue weighted by Gasteiger charge is 2.33. The first-order chi connectivity index (χ1) is 18.7. The number of anilines is 1. The van der Waals surface area contributed by atoms with Gasteiger partial charge < -0.3 is 19.9 Å². The number of ether oxygens (including phenoxy) is 1. The quantitative estimate of drug-likeness (QED) is 0.555. The van der Waals surface area contributed by atoms with E-state index in [1.54, 1.807) is 17.9 Å². The van der Waals surface area contributed by atoms with Crippen LogP contribution in [0.2, 0.25) is 0 Å². The van der Waals surface area contributed by atoms with Gasteiger partial charge in [-0.3, -0.25) is 4.79 Å². The van der Waals surface area contributed by atoms with Gasteiger partial charge in [0.05, 0.1) is 12.2 Å². The first-order valence-corrected chi connectivity index (χ1v) is 13.7. The number of benzene rings is 1. The molecule has 0 bridgehead atoms. The molecule has 1 aromatic heterocycles. The van der Waals surface area contributed by atoms with Crippen molar-refractivity contribution in [3.05, 3.63) is 52.5 Å². The highest BCUT2D eigenvalue weighted by Crippen LogP contribution is 2.33. The molecule has 3 aliphatic rings. The molecule has 1 N–H and O–H groups in total. The van der Waals surface area contributed by atoms with Gasteiger partial charge in [0, 0.05) is 50.4 Å². The van der Waals surface area contributed by atoms with Crippen molar-refractivity contribution in [2.75, 3.05) is 37.7 Å². The average Bonchev–Trinajstić information content (AvgIpc) is 2.94. The lowest BCUT2D eigenvalue weighted by atomic mass is 9.96. The van der Waals surface area contributed by atoms with E-state index in [1.165, 1.54) is 12.4 Å². The van der Waals surface area contributed by atoms with E-state index >= 15 is 0 Å². The fraction of sp³-hybridized carbons (Fsp3) is 0.607. The molecule has 5 rings (SSSR count). The Balaban J connectivity index is 0.00000172. The number of hydrogen-bond acceptors (Lipinski definition) is 6. The maximum atomic E-state index is 14.1. The molecular weight excluding hydrogens is 514 g/mol. The van der Waals surface area contributed by atoms with Crippen molar-refractivity contribution in [1.82, 2.24) is 20.2 Å². The van der Waals surface area contributed by atoms with Crippen molar-refractivity contribution < 1.29 is 27.1 Å². The summed E-state index contributed by atoms with van der Waals surface area (Å²) in [7, 11) is 0. The van der Waals surface area contributed by atoms with Crippen LogP contribution in [0.25, 0.3) is 0 Å². The van der Waals surface area contributed by atoms with Crippen molar-refractivity contribution in [1.29, 1.82) is 0 Å². The molecule has 1 amide bonds. The molecule has 0 saturated carbocycles. The van der Waals surface area contributed by atoms with E-state index in [4.69, 9.17) is 4.74 Å². The summed E-state index contributed by atoms with van der Waals surface area (Å²) in [6.45, 7) is 8.39. The van der Waals surface area contributed by atoms with Gasteiger partial charge >= 0.3 is 6.18 Å². The minimum atomic E-state index is -4.40. The van der Waals surface area contributed by atoms with Crippen LogP contribution in [-0.4, -0.2) is 71.9 Å². The van der Waals surface area contributed by atoms with E-state index in [2.05, 4.69) is 15.3 Å². The second kappa shape index (κ2) is 12.6. The van der Waals surface area contributed by atoms with E-state index < -0.39 is 17.9 Å². The van der Waals surface area contributed by atoms with Gasteiger partial charge in [-0.05, 0) is 55.9 Å². The van der Waals surface area contributed by atoms with Gasteiger partial charge in [-0.25, -0.2) is 14.4 Å². The number of amides is 1. The molecule has 0 radical (unpaired) electrons. The van der Waals surface area contributed by atoms with Crippen molar-refractivity contribution >= 4 is 11.7 Å². The van der Waals surface area contributed by atoms with Gasteiger partial charge in [-0.15, -0.1) is 0 Å². The second-order valence-corrected chi connectivity index (χ2v) is 10.0. The summed E-state index contributed by atoms with van der Waals surface area (Å²) in [6, 6.07) is 3.80. The largest absolute Gasteiger partial charge is 0.416 e. The van der Waals surface area contributed by atoms with E-state index in [0.29, 0.717) is 61.7 Å². The number of nitrogens with zero attached hydrogens (tertiary/aromatic N) is 4.